The Morgan fingerprint density at radius 3 is 2.41 bits per heavy atom. The van der Waals surface area contributed by atoms with Crippen LogP contribution in [0.2, 0.25) is 25.2 Å². The van der Waals surface area contributed by atoms with Gasteiger partial charge in [-0.25, -0.2) is 0 Å². The van der Waals surface area contributed by atoms with E-state index in [1.54, 1.807) is 0 Å². The van der Waals surface area contributed by atoms with Crippen LogP contribution in [0.1, 0.15) is 12.0 Å². The predicted octanol–water partition coefficient (Wildman–Crippen LogP) is 3.13. The monoisotopic (exact) mass is 247 g/mol. The van der Waals surface area contributed by atoms with Crippen LogP contribution in [0.5, 0.6) is 0 Å². The Bertz CT molecular complexity index is 396. The first-order valence-electron chi connectivity index (χ1n) is 6.31. The van der Waals surface area contributed by atoms with Crippen LogP contribution in [-0.2, 0) is 11.3 Å². The Morgan fingerprint density at radius 1 is 1.24 bits per heavy atom. The number of rotatable bonds is 3. The lowest BCUT2D eigenvalue weighted by molar-refractivity contribution is -0.128. The van der Waals surface area contributed by atoms with Gasteiger partial charge in [0.1, 0.15) is 0 Å². The van der Waals surface area contributed by atoms with Crippen molar-refractivity contribution < 1.29 is 4.79 Å². The maximum absolute atomic E-state index is 12.3. The molecule has 1 heterocycles. The lowest BCUT2D eigenvalue weighted by atomic mass is 10.2. The van der Waals surface area contributed by atoms with E-state index < -0.39 is 8.07 Å². The van der Waals surface area contributed by atoms with E-state index >= 15 is 0 Å². The van der Waals surface area contributed by atoms with Gasteiger partial charge in [0.2, 0.25) is 5.91 Å². The Labute approximate surface area is 105 Å². The predicted molar refractivity (Wildman–Crippen MR) is 73.6 cm³/mol. The minimum absolute atomic E-state index is 0.325. The average Bonchev–Trinajstić information content (AvgIpc) is 2.61. The van der Waals surface area contributed by atoms with Crippen molar-refractivity contribution in [2.75, 3.05) is 6.54 Å². The highest BCUT2D eigenvalue weighted by molar-refractivity contribution is 6.80. The van der Waals surface area contributed by atoms with E-state index in [0.717, 1.165) is 19.5 Å². The van der Waals surface area contributed by atoms with Crippen molar-refractivity contribution >= 4 is 14.0 Å². The van der Waals surface area contributed by atoms with Crippen LogP contribution >= 0.6 is 0 Å². The van der Waals surface area contributed by atoms with Gasteiger partial charge in [0.25, 0.3) is 0 Å². The van der Waals surface area contributed by atoms with Gasteiger partial charge in [-0.3, -0.25) is 4.79 Å². The Kier molecular flexibility index (Phi) is 3.38. The molecule has 3 heteroatoms. The van der Waals surface area contributed by atoms with Gasteiger partial charge in [0, 0.05) is 18.6 Å². The van der Waals surface area contributed by atoms with Crippen molar-refractivity contribution in [3.05, 3.63) is 35.9 Å². The third-order valence-electron chi connectivity index (χ3n) is 3.56. The molecule has 1 unspecified atom stereocenters. The molecule has 2 nitrogen and oxygen atoms in total. The third kappa shape index (κ3) is 2.78. The van der Waals surface area contributed by atoms with E-state index in [2.05, 4.69) is 31.8 Å². The van der Waals surface area contributed by atoms with Gasteiger partial charge >= 0.3 is 0 Å². The molecule has 1 aliphatic rings. The van der Waals surface area contributed by atoms with Gasteiger partial charge < -0.3 is 4.90 Å². The number of hydrogen-bond donors (Lipinski definition) is 0. The SMILES string of the molecule is C[Si](C)(C)C1CCN(Cc2ccccc2)C1=O. The van der Waals surface area contributed by atoms with E-state index in [9.17, 15) is 4.79 Å². The van der Waals surface area contributed by atoms with Gasteiger partial charge in [-0.2, -0.15) is 0 Å². The number of hydrogen-bond acceptors (Lipinski definition) is 1. The second kappa shape index (κ2) is 4.65. The smallest absolute Gasteiger partial charge is 0.223 e. The Balaban J connectivity index is 2.04. The first-order chi connectivity index (χ1) is 7.98. The van der Waals surface area contributed by atoms with Crippen LogP contribution in [-0.4, -0.2) is 25.4 Å². The van der Waals surface area contributed by atoms with Crippen LogP contribution in [0, 0.1) is 0 Å². The highest BCUT2D eigenvalue weighted by atomic mass is 28.3. The number of benzene rings is 1. The molecular weight excluding hydrogens is 226 g/mol. The van der Waals surface area contributed by atoms with E-state index in [1.807, 2.05) is 23.1 Å². The summed E-state index contributed by atoms with van der Waals surface area (Å²) in [6.07, 6.45) is 1.06. The number of nitrogens with zero attached hydrogens (tertiary/aromatic N) is 1. The molecule has 0 aromatic heterocycles. The van der Waals surface area contributed by atoms with Gasteiger partial charge in [-0.1, -0.05) is 50.0 Å². The van der Waals surface area contributed by atoms with Crippen molar-refractivity contribution in [1.82, 2.24) is 4.90 Å². The third-order valence-corrected chi connectivity index (χ3v) is 6.19. The summed E-state index contributed by atoms with van der Waals surface area (Å²) in [5, 5.41) is 0. The van der Waals surface area contributed by atoms with Gasteiger partial charge in [0.05, 0.1) is 8.07 Å². The molecule has 17 heavy (non-hydrogen) atoms. The van der Waals surface area contributed by atoms with Crippen LogP contribution < -0.4 is 0 Å². The first kappa shape index (κ1) is 12.4. The molecule has 1 aromatic carbocycles. The fourth-order valence-corrected chi connectivity index (χ4v) is 4.42. The summed E-state index contributed by atoms with van der Waals surface area (Å²) in [6.45, 7) is 8.59. The lowest BCUT2D eigenvalue weighted by Crippen LogP contribution is -2.35. The molecule has 0 saturated carbocycles. The summed E-state index contributed by atoms with van der Waals surface area (Å²) in [5.74, 6) is 0.382. The molecule has 1 saturated heterocycles. The maximum Gasteiger partial charge on any atom is 0.223 e. The standard InChI is InChI=1S/C14H21NOSi/c1-17(2,3)13-9-10-15(14(13)16)11-12-7-5-4-6-8-12/h4-8,13H,9-11H2,1-3H3. The molecule has 0 radical (unpaired) electrons. The van der Waals surface area contributed by atoms with Crippen LogP contribution in [0.4, 0.5) is 0 Å². The largest absolute Gasteiger partial charge is 0.338 e. The van der Waals surface area contributed by atoms with Gasteiger partial charge in [-0.15, -0.1) is 0 Å². The average molecular weight is 247 g/mol. The maximum atomic E-state index is 12.3. The quantitative estimate of drug-likeness (QED) is 0.752. The number of amides is 1. The highest BCUT2D eigenvalue weighted by Crippen LogP contribution is 2.33. The zero-order valence-corrected chi connectivity index (χ0v) is 11.9. The molecule has 0 bridgehead atoms. The second-order valence-electron chi connectivity index (χ2n) is 5.95. The highest BCUT2D eigenvalue weighted by Gasteiger charge is 2.40. The van der Waals surface area contributed by atoms with Crippen LogP contribution in [0.25, 0.3) is 0 Å². The molecule has 1 aliphatic heterocycles. The van der Waals surface area contributed by atoms with Crippen LogP contribution in [0.15, 0.2) is 30.3 Å². The van der Waals surface area contributed by atoms with Crippen molar-refractivity contribution in [3.63, 3.8) is 0 Å². The minimum atomic E-state index is -1.34. The molecule has 0 N–H and O–H groups in total. The molecule has 92 valence electrons. The summed E-state index contributed by atoms with van der Waals surface area (Å²) in [4.78, 5) is 14.3. The van der Waals surface area contributed by atoms with Crippen LogP contribution in [0.3, 0.4) is 0 Å². The summed E-state index contributed by atoms with van der Waals surface area (Å²) in [6, 6.07) is 10.3. The molecule has 1 aromatic rings. The minimum Gasteiger partial charge on any atom is -0.338 e. The molecular formula is C14H21NOSi. The van der Waals surface area contributed by atoms with Crippen molar-refractivity contribution in [2.24, 2.45) is 0 Å². The summed E-state index contributed by atoms with van der Waals surface area (Å²) in [5.41, 5.74) is 1.56. The summed E-state index contributed by atoms with van der Waals surface area (Å²) < 4.78 is 0. The van der Waals surface area contributed by atoms with E-state index in [4.69, 9.17) is 0 Å². The summed E-state index contributed by atoms with van der Waals surface area (Å²) >= 11 is 0. The zero-order chi connectivity index (χ0) is 12.5. The van der Waals surface area contributed by atoms with E-state index in [0.29, 0.717) is 11.4 Å². The summed E-state index contributed by atoms with van der Waals surface area (Å²) in [7, 11) is -1.34. The topological polar surface area (TPSA) is 20.3 Å². The fraction of sp³-hybridized carbons (Fsp3) is 0.500. The molecule has 2 rings (SSSR count). The molecule has 1 amide bonds. The van der Waals surface area contributed by atoms with Crippen molar-refractivity contribution in [2.45, 2.75) is 38.1 Å². The van der Waals surface area contributed by atoms with Crippen molar-refractivity contribution in [1.29, 1.82) is 0 Å². The fourth-order valence-electron chi connectivity index (χ4n) is 2.50. The van der Waals surface area contributed by atoms with E-state index in [1.165, 1.54) is 5.56 Å². The van der Waals surface area contributed by atoms with Crippen molar-refractivity contribution in [3.8, 4) is 0 Å². The second-order valence-corrected chi connectivity index (χ2v) is 11.4. The Morgan fingerprint density at radius 2 is 1.88 bits per heavy atom. The molecule has 0 spiro atoms. The molecule has 1 fully saturated rings. The van der Waals surface area contributed by atoms with Gasteiger partial charge in [0.15, 0.2) is 0 Å². The zero-order valence-electron chi connectivity index (χ0n) is 10.9. The molecule has 1 atom stereocenters. The first-order valence-corrected chi connectivity index (χ1v) is 9.89. The number of carbonyl (C=O) groups excluding carboxylic acids is 1. The Hall–Kier alpha value is -1.09. The van der Waals surface area contributed by atoms with E-state index in [-0.39, 0.29) is 0 Å². The normalized spacial score (nSPS) is 21.0. The number of carbonyl (C=O) groups is 1. The number of likely N-dealkylation sites (tertiary alicyclic amines) is 1. The van der Waals surface area contributed by atoms with Gasteiger partial charge in [-0.05, 0) is 12.0 Å². The lowest BCUT2D eigenvalue weighted by Gasteiger charge is -2.24. The molecule has 0 aliphatic carbocycles.